The fourth-order valence-electron chi connectivity index (χ4n) is 2.79. The molecule has 1 aromatic carbocycles. The fraction of sp³-hybridized carbons (Fsp3) is 0.350. The largest absolute Gasteiger partial charge is 0.479 e. The standard InChI is InChI=1S/C20H18ClF4N3O8/c1-9(18(33)26-4-3-17(32)35-8-16(30)31)36-13-6-12(11(22)5-10(13)21)28-15(29)7-14(20(23,24)25)27(2)19(28)34/h5-7,9H,3-4,8H2,1-2H3,(H,26,33)(H,30,31). The van der Waals surface area contributed by atoms with Gasteiger partial charge in [0.15, 0.2) is 12.7 Å². The van der Waals surface area contributed by atoms with Gasteiger partial charge in [-0.3, -0.25) is 19.0 Å². The molecule has 1 atom stereocenters. The lowest BCUT2D eigenvalue weighted by Gasteiger charge is -2.18. The van der Waals surface area contributed by atoms with Crippen LogP contribution in [0.15, 0.2) is 27.8 Å². The molecule has 0 aliphatic heterocycles. The smallest absolute Gasteiger partial charge is 0.431 e. The molecule has 1 aromatic heterocycles. The molecule has 11 nitrogen and oxygen atoms in total. The molecule has 0 aliphatic carbocycles. The van der Waals surface area contributed by atoms with Crippen LogP contribution in [0.5, 0.6) is 5.75 Å². The first-order chi connectivity index (χ1) is 16.6. The Morgan fingerprint density at radius 1 is 1.19 bits per heavy atom. The molecular formula is C20H18ClF4N3O8. The lowest BCUT2D eigenvalue weighted by atomic mass is 10.2. The van der Waals surface area contributed by atoms with E-state index >= 15 is 0 Å². The van der Waals surface area contributed by atoms with Gasteiger partial charge >= 0.3 is 23.8 Å². The molecule has 0 fully saturated rings. The highest BCUT2D eigenvalue weighted by Crippen LogP contribution is 2.30. The molecular weight excluding hydrogens is 522 g/mol. The molecule has 0 saturated heterocycles. The van der Waals surface area contributed by atoms with Gasteiger partial charge < -0.3 is 19.9 Å². The van der Waals surface area contributed by atoms with Gasteiger partial charge in [0.2, 0.25) is 0 Å². The van der Waals surface area contributed by atoms with E-state index in [1.165, 1.54) is 6.92 Å². The molecule has 16 heteroatoms. The number of rotatable bonds is 9. The Hall–Kier alpha value is -3.88. The molecule has 1 unspecified atom stereocenters. The molecule has 1 heterocycles. The summed E-state index contributed by atoms with van der Waals surface area (Å²) in [5.41, 5.74) is -5.29. The second-order valence-electron chi connectivity index (χ2n) is 7.13. The average molecular weight is 540 g/mol. The van der Waals surface area contributed by atoms with Gasteiger partial charge in [-0.1, -0.05) is 11.6 Å². The van der Waals surface area contributed by atoms with Gasteiger partial charge in [-0.2, -0.15) is 13.2 Å². The quantitative estimate of drug-likeness (QED) is 0.358. The maximum Gasteiger partial charge on any atom is 0.431 e. The zero-order valence-corrected chi connectivity index (χ0v) is 19.3. The fourth-order valence-corrected chi connectivity index (χ4v) is 2.98. The Bertz CT molecular complexity index is 1310. The highest BCUT2D eigenvalue weighted by atomic mass is 35.5. The van der Waals surface area contributed by atoms with Crippen molar-refractivity contribution in [3.05, 3.63) is 55.6 Å². The molecule has 0 bridgehead atoms. The second-order valence-corrected chi connectivity index (χ2v) is 7.54. The number of esters is 1. The van der Waals surface area contributed by atoms with Crippen molar-refractivity contribution in [2.45, 2.75) is 25.6 Å². The minimum atomic E-state index is -5.02. The van der Waals surface area contributed by atoms with Gasteiger partial charge in [0.25, 0.3) is 11.5 Å². The molecule has 2 N–H and O–H groups in total. The van der Waals surface area contributed by atoms with E-state index in [2.05, 4.69) is 10.1 Å². The van der Waals surface area contributed by atoms with Gasteiger partial charge in [-0.25, -0.2) is 18.5 Å². The maximum atomic E-state index is 14.6. The molecule has 0 radical (unpaired) electrons. The lowest BCUT2D eigenvalue weighted by Crippen LogP contribution is -2.41. The average Bonchev–Trinajstić information content (AvgIpc) is 2.76. The van der Waals surface area contributed by atoms with Crippen molar-refractivity contribution < 1.29 is 46.5 Å². The first kappa shape index (κ1) is 28.4. The maximum absolute atomic E-state index is 14.6. The minimum absolute atomic E-state index is 0.119. The van der Waals surface area contributed by atoms with E-state index < -0.39 is 65.2 Å². The summed E-state index contributed by atoms with van der Waals surface area (Å²) < 4.78 is 63.7. The van der Waals surface area contributed by atoms with Crippen LogP contribution in [0.25, 0.3) is 5.69 Å². The number of ether oxygens (including phenoxy) is 2. The predicted molar refractivity (Wildman–Crippen MR) is 114 cm³/mol. The first-order valence-corrected chi connectivity index (χ1v) is 10.2. The lowest BCUT2D eigenvalue weighted by molar-refractivity contribution is -0.155. The van der Waals surface area contributed by atoms with Crippen LogP contribution in [-0.4, -0.2) is 51.3 Å². The molecule has 0 spiro atoms. The number of carboxylic acid groups (broad SMARTS) is 1. The van der Waals surface area contributed by atoms with E-state index in [0.717, 1.165) is 13.1 Å². The van der Waals surface area contributed by atoms with Crippen LogP contribution in [0.2, 0.25) is 5.02 Å². The number of amides is 1. The number of carbonyl (C=O) groups excluding carboxylic acids is 2. The number of hydrogen-bond donors (Lipinski definition) is 2. The Balaban J connectivity index is 2.25. The molecule has 196 valence electrons. The van der Waals surface area contributed by atoms with Crippen LogP contribution in [0, 0.1) is 5.82 Å². The normalized spacial score (nSPS) is 12.1. The Labute approximate surface area is 203 Å². The molecule has 0 aliphatic rings. The number of alkyl halides is 3. The van der Waals surface area contributed by atoms with E-state index in [1.807, 2.05) is 0 Å². The van der Waals surface area contributed by atoms with E-state index in [9.17, 15) is 41.5 Å². The van der Waals surface area contributed by atoms with Crippen molar-refractivity contribution in [1.82, 2.24) is 14.5 Å². The first-order valence-electron chi connectivity index (χ1n) is 9.85. The number of halogens is 5. The van der Waals surface area contributed by atoms with Crippen LogP contribution in [0.3, 0.4) is 0 Å². The van der Waals surface area contributed by atoms with E-state index in [-0.39, 0.29) is 38.9 Å². The van der Waals surface area contributed by atoms with Gasteiger partial charge in [0, 0.05) is 25.7 Å². The van der Waals surface area contributed by atoms with E-state index in [1.54, 1.807) is 0 Å². The zero-order valence-electron chi connectivity index (χ0n) is 18.5. The van der Waals surface area contributed by atoms with Crippen molar-refractivity contribution >= 4 is 29.4 Å². The summed E-state index contributed by atoms with van der Waals surface area (Å²) in [6.45, 7) is 0.147. The van der Waals surface area contributed by atoms with Crippen molar-refractivity contribution in [2.24, 2.45) is 7.05 Å². The zero-order chi connectivity index (χ0) is 27.4. The van der Waals surface area contributed by atoms with Crippen LogP contribution in [-0.2, 0) is 32.3 Å². The third kappa shape index (κ3) is 6.84. The molecule has 36 heavy (non-hydrogen) atoms. The van der Waals surface area contributed by atoms with Gasteiger partial charge in [0.05, 0.1) is 17.1 Å². The van der Waals surface area contributed by atoms with E-state index in [4.69, 9.17) is 21.4 Å². The summed E-state index contributed by atoms with van der Waals surface area (Å²) >= 11 is 5.91. The Morgan fingerprint density at radius 2 is 1.83 bits per heavy atom. The number of hydrogen-bond acceptors (Lipinski definition) is 7. The number of carbonyl (C=O) groups is 3. The van der Waals surface area contributed by atoms with Crippen LogP contribution < -0.4 is 21.3 Å². The van der Waals surface area contributed by atoms with Gasteiger partial charge in [-0.05, 0) is 13.0 Å². The summed E-state index contributed by atoms with van der Waals surface area (Å²) in [6.07, 6.45) is -6.69. The number of nitrogens with zero attached hydrogens (tertiary/aromatic N) is 2. The number of aliphatic carboxylic acids is 1. The van der Waals surface area contributed by atoms with Crippen LogP contribution >= 0.6 is 11.6 Å². The summed E-state index contributed by atoms with van der Waals surface area (Å²) in [5.74, 6) is -4.65. The highest BCUT2D eigenvalue weighted by Gasteiger charge is 2.35. The van der Waals surface area contributed by atoms with Crippen LogP contribution in [0.1, 0.15) is 19.0 Å². The van der Waals surface area contributed by atoms with Crippen LogP contribution in [0.4, 0.5) is 17.6 Å². The highest BCUT2D eigenvalue weighted by molar-refractivity contribution is 6.32. The summed E-state index contributed by atoms with van der Waals surface area (Å²) in [4.78, 5) is 58.6. The van der Waals surface area contributed by atoms with Gasteiger partial charge in [-0.15, -0.1) is 0 Å². The van der Waals surface area contributed by atoms with Crippen molar-refractivity contribution in [1.29, 1.82) is 0 Å². The number of carboxylic acids is 1. The van der Waals surface area contributed by atoms with Gasteiger partial charge in [0.1, 0.15) is 17.3 Å². The SMILES string of the molecule is CC(Oc1cc(-n2c(=O)cc(C(F)(F)F)n(C)c2=O)c(F)cc1Cl)C(=O)NCCC(=O)OCC(=O)O. The summed E-state index contributed by atoms with van der Waals surface area (Å²) in [5, 5.41) is 10.3. The number of aromatic nitrogens is 2. The van der Waals surface area contributed by atoms with Crippen molar-refractivity contribution in [3.8, 4) is 11.4 Å². The third-order valence-corrected chi connectivity index (χ3v) is 4.81. The molecule has 0 saturated carbocycles. The third-order valence-electron chi connectivity index (χ3n) is 4.51. The Kier molecular flexibility index (Phi) is 8.85. The Morgan fingerprint density at radius 3 is 2.42 bits per heavy atom. The molecule has 2 rings (SSSR count). The molecule has 2 aromatic rings. The minimum Gasteiger partial charge on any atom is -0.479 e. The number of nitrogens with one attached hydrogen (secondary N) is 1. The summed E-state index contributed by atoms with van der Waals surface area (Å²) in [7, 11) is 0.746. The van der Waals surface area contributed by atoms with E-state index in [0.29, 0.717) is 6.07 Å². The number of benzene rings is 1. The van der Waals surface area contributed by atoms with Crippen molar-refractivity contribution in [2.75, 3.05) is 13.2 Å². The predicted octanol–water partition coefficient (Wildman–Crippen LogP) is 1.25. The van der Waals surface area contributed by atoms with Crippen molar-refractivity contribution in [3.63, 3.8) is 0 Å². The molecule has 1 amide bonds. The second kappa shape index (κ2) is 11.2. The summed E-state index contributed by atoms with van der Waals surface area (Å²) in [6, 6.07) is 1.52. The monoisotopic (exact) mass is 539 g/mol. The topological polar surface area (TPSA) is 146 Å².